The van der Waals surface area contributed by atoms with E-state index in [1.165, 1.54) is 12.1 Å². The molecule has 0 saturated carbocycles. The second-order valence-electron chi connectivity index (χ2n) is 6.79. The molecule has 2 aromatic heterocycles. The van der Waals surface area contributed by atoms with Gasteiger partial charge in [-0.2, -0.15) is 10.2 Å². The molecule has 0 aliphatic carbocycles. The SMILES string of the molecule is Cc1nn(-c2ccc(F)cc2)c(C)c1C(=O)Nc1ccc(Cn2cccn2)cc1. The van der Waals surface area contributed by atoms with Crippen LogP contribution in [0.5, 0.6) is 0 Å². The van der Waals surface area contributed by atoms with Crippen LogP contribution in [0.15, 0.2) is 67.0 Å². The summed E-state index contributed by atoms with van der Waals surface area (Å²) in [5.74, 6) is -0.544. The van der Waals surface area contributed by atoms with E-state index in [1.807, 2.05) is 48.1 Å². The molecule has 0 spiro atoms. The Balaban J connectivity index is 1.52. The summed E-state index contributed by atoms with van der Waals surface area (Å²) >= 11 is 0. The highest BCUT2D eigenvalue weighted by molar-refractivity contribution is 6.05. The molecule has 0 aliphatic heterocycles. The number of nitrogens with zero attached hydrogens (tertiary/aromatic N) is 4. The molecule has 1 amide bonds. The van der Waals surface area contributed by atoms with Crippen molar-refractivity contribution in [2.24, 2.45) is 0 Å². The van der Waals surface area contributed by atoms with Gasteiger partial charge in [-0.3, -0.25) is 9.48 Å². The summed E-state index contributed by atoms with van der Waals surface area (Å²) in [4.78, 5) is 12.9. The fourth-order valence-electron chi connectivity index (χ4n) is 3.27. The minimum Gasteiger partial charge on any atom is -0.322 e. The predicted molar refractivity (Wildman–Crippen MR) is 109 cm³/mol. The molecule has 6 nitrogen and oxygen atoms in total. The van der Waals surface area contributed by atoms with Crippen molar-refractivity contribution in [2.75, 3.05) is 5.32 Å². The minimum atomic E-state index is -0.316. The molecule has 4 rings (SSSR count). The molecule has 0 atom stereocenters. The molecule has 0 saturated heterocycles. The highest BCUT2D eigenvalue weighted by Gasteiger charge is 2.19. The van der Waals surface area contributed by atoms with Gasteiger partial charge in [0.15, 0.2) is 0 Å². The maximum atomic E-state index is 13.2. The first-order valence-electron chi connectivity index (χ1n) is 9.21. The van der Waals surface area contributed by atoms with Crippen LogP contribution in [-0.2, 0) is 6.54 Å². The maximum absolute atomic E-state index is 13.2. The third kappa shape index (κ3) is 3.94. The van der Waals surface area contributed by atoms with E-state index in [1.54, 1.807) is 29.9 Å². The number of amides is 1. The van der Waals surface area contributed by atoms with Crippen LogP contribution >= 0.6 is 0 Å². The zero-order chi connectivity index (χ0) is 20.4. The second kappa shape index (κ2) is 7.71. The van der Waals surface area contributed by atoms with Crippen LogP contribution in [0.2, 0.25) is 0 Å². The van der Waals surface area contributed by atoms with Gasteiger partial charge >= 0.3 is 0 Å². The average Bonchev–Trinajstić information content (AvgIpc) is 3.31. The molecule has 1 N–H and O–H groups in total. The number of aryl methyl sites for hydroxylation is 1. The number of carbonyl (C=O) groups excluding carboxylic acids is 1. The number of carbonyl (C=O) groups is 1. The highest BCUT2D eigenvalue weighted by Crippen LogP contribution is 2.20. The molecule has 0 bridgehead atoms. The third-order valence-electron chi connectivity index (χ3n) is 4.71. The Morgan fingerprint density at radius 2 is 1.79 bits per heavy atom. The van der Waals surface area contributed by atoms with Crippen molar-refractivity contribution in [1.82, 2.24) is 19.6 Å². The van der Waals surface area contributed by atoms with Crippen LogP contribution < -0.4 is 5.32 Å². The van der Waals surface area contributed by atoms with Gasteiger partial charge in [-0.15, -0.1) is 0 Å². The minimum absolute atomic E-state index is 0.229. The van der Waals surface area contributed by atoms with Crippen LogP contribution in [0.25, 0.3) is 5.69 Å². The van der Waals surface area contributed by atoms with Crippen LogP contribution in [-0.4, -0.2) is 25.5 Å². The number of anilines is 1. The van der Waals surface area contributed by atoms with E-state index in [0.717, 1.165) is 5.56 Å². The topological polar surface area (TPSA) is 64.7 Å². The molecule has 0 unspecified atom stereocenters. The maximum Gasteiger partial charge on any atom is 0.259 e. The lowest BCUT2D eigenvalue weighted by Crippen LogP contribution is -2.14. The number of nitrogens with one attached hydrogen (secondary N) is 1. The Bertz CT molecular complexity index is 1130. The zero-order valence-corrected chi connectivity index (χ0v) is 16.1. The Hall–Kier alpha value is -3.74. The van der Waals surface area contributed by atoms with Gasteiger partial charge in [-0.05, 0) is 61.9 Å². The molecule has 4 aromatic rings. The van der Waals surface area contributed by atoms with Gasteiger partial charge in [0, 0.05) is 18.1 Å². The van der Waals surface area contributed by atoms with Crippen molar-refractivity contribution in [3.8, 4) is 5.69 Å². The smallest absolute Gasteiger partial charge is 0.259 e. The van der Waals surface area contributed by atoms with Crippen molar-refractivity contribution in [3.63, 3.8) is 0 Å². The van der Waals surface area contributed by atoms with E-state index in [0.29, 0.717) is 34.9 Å². The van der Waals surface area contributed by atoms with Crippen molar-refractivity contribution < 1.29 is 9.18 Å². The normalized spacial score (nSPS) is 10.9. The summed E-state index contributed by atoms with van der Waals surface area (Å²) in [5.41, 5.74) is 4.31. The number of benzene rings is 2. The van der Waals surface area contributed by atoms with Crippen molar-refractivity contribution in [1.29, 1.82) is 0 Å². The molecular weight excluding hydrogens is 369 g/mol. The number of hydrogen-bond donors (Lipinski definition) is 1. The number of halogens is 1. The van der Waals surface area contributed by atoms with E-state index in [4.69, 9.17) is 0 Å². The van der Waals surface area contributed by atoms with Gasteiger partial charge < -0.3 is 5.32 Å². The molecular formula is C22H20FN5O. The summed E-state index contributed by atoms with van der Waals surface area (Å²) < 4.78 is 16.7. The summed E-state index contributed by atoms with van der Waals surface area (Å²) in [6.07, 6.45) is 3.64. The summed E-state index contributed by atoms with van der Waals surface area (Å²) in [5, 5.41) is 11.6. The average molecular weight is 389 g/mol. The van der Waals surface area contributed by atoms with Crippen molar-refractivity contribution in [2.45, 2.75) is 20.4 Å². The van der Waals surface area contributed by atoms with Gasteiger partial charge in [-0.1, -0.05) is 12.1 Å². The Morgan fingerprint density at radius 1 is 1.07 bits per heavy atom. The van der Waals surface area contributed by atoms with E-state index in [9.17, 15) is 9.18 Å². The summed E-state index contributed by atoms with van der Waals surface area (Å²) in [7, 11) is 0. The highest BCUT2D eigenvalue weighted by atomic mass is 19.1. The van der Waals surface area contributed by atoms with E-state index < -0.39 is 0 Å². The van der Waals surface area contributed by atoms with Crippen LogP contribution in [0, 0.1) is 19.7 Å². The standard InChI is InChI=1S/C22H20FN5O/c1-15-21(16(2)28(26-15)20-10-6-18(23)7-11-20)22(29)25-19-8-4-17(5-9-19)14-27-13-3-12-24-27/h3-13H,14H2,1-2H3,(H,25,29). The van der Waals surface area contributed by atoms with Crippen molar-refractivity contribution in [3.05, 3.63) is 95.3 Å². The molecule has 2 aromatic carbocycles. The molecule has 29 heavy (non-hydrogen) atoms. The van der Waals surface area contributed by atoms with Crippen LogP contribution in [0.1, 0.15) is 27.3 Å². The molecule has 146 valence electrons. The van der Waals surface area contributed by atoms with E-state index in [-0.39, 0.29) is 11.7 Å². The lowest BCUT2D eigenvalue weighted by molar-refractivity contribution is 0.102. The Kier molecular flexibility index (Phi) is 4.95. The quantitative estimate of drug-likeness (QED) is 0.558. The molecule has 0 radical (unpaired) electrons. The van der Waals surface area contributed by atoms with Gasteiger partial charge in [-0.25, -0.2) is 9.07 Å². The molecule has 0 fully saturated rings. The Morgan fingerprint density at radius 3 is 2.45 bits per heavy atom. The molecule has 0 aliphatic rings. The van der Waals surface area contributed by atoms with Gasteiger partial charge in [0.25, 0.3) is 5.91 Å². The zero-order valence-electron chi connectivity index (χ0n) is 16.1. The fourth-order valence-corrected chi connectivity index (χ4v) is 3.27. The first kappa shape index (κ1) is 18.6. The number of hydrogen-bond acceptors (Lipinski definition) is 3. The molecule has 2 heterocycles. The lowest BCUT2D eigenvalue weighted by Gasteiger charge is -2.08. The Labute approximate surface area is 167 Å². The van der Waals surface area contributed by atoms with E-state index in [2.05, 4.69) is 15.5 Å². The summed E-state index contributed by atoms with van der Waals surface area (Å²) in [6.45, 7) is 4.28. The predicted octanol–water partition coefficient (Wildman–Crippen LogP) is 4.13. The summed E-state index contributed by atoms with van der Waals surface area (Å²) in [6, 6.07) is 15.5. The van der Waals surface area contributed by atoms with Gasteiger partial charge in [0.05, 0.1) is 29.2 Å². The third-order valence-corrected chi connectivity index (χ3v) is 4.71. The second-order valence-corrected chi connectivity index (χ2v) is 6.79. The van der Waals surface area contributed by atoms with Gasteiger partial charge in [0.2, 0.25) is 0 Å². The first-order chi connectivity index (χ1) is 14.0. The lowest BCUT2D eigenvalue weighted by atomic mass is 10.1. The van der Waals surface area contributed by atoms with E-state index >= 15 is 0 Å². The van der Waals surface area contributed by atoms with Crippen LogP contribution in [0.4, 0.5) is 10.1 Å². The largest absolute Gasteiger partial charge is 0.322 e. The van der Waals surface area contributed by atoms with Crippen LogP contribution in [0.3, 0.4) is 0 Å². The monoisotopic (exact) mass is 389 g/mol. The fraction of sp³-hybridized carbons (Fsp3) is 0.136. The molecule has 7 heteroatoms. The number of rotatable bonds is 5. The van der Waals surface area contributed by atoms with Gasteiger partial charge in [0.1, 0.15) is 5.82 Å². The first-order valence-corrected chi connectivity index (χ1v) is 9.21. The number of aromatic nitrogens is 4. The van der Waals surface area contributed by atoms with Crippen molar-refractivity contribution >= 4 is 11.6 Å².